The van der Waals surface area contributed by atoms with Crippen molar-refractivity contribution in [3.05, 3.63) is 0 Å². The first-order chi connectivity index (χ1) is 11.5. The van der Waals surface area contributed by atoms with Gasteiger partial charge in [0.05, 0.1) is 8.07 Å². The van der Waals surface area contributed by atoms with Gasteiger partial charge in [-0.3, -0.25) is 0 Å². The lowest BCUT2D eigenvalue weighted by atomic mass is 10.1. The molecule has 0 aliphatic rings. The third kappa shape index (κ3) is 15.7. The van der Waals surface area contributed by atoms with E-state index in [1.54, 1.807) is 18.1 Å². The summed E-state index contributed by atoms with van der Waals surface area (Å²) in [4.78, 5) is 0. The Balaban J connectivity index is 4.03. The topological polar surface area (TPSA) is 0 Å². The lowest BCUT2D eigenvalue weighted by molar-refractivity contribution is 0.569. The smallest absolute Gasteiger partial charge is 0.0504 e. The Hall–Kier alpha value is 0.217. The minimum absolute atomic E-state index is 0.895. The molecule has 0 saturated heterocycles. The van der Waals surface area contributed by atoms with Gasteiger partial charge < -0.3 is 0 Å². The summed E-state index contributed by atoms with van der Waals surface area (Å²) in [5.41, 5.74) is 0. The maximum absolute atomic E-state index is 2.74. The minimum atomic E-state index is -0.953. The highest BCUT2D eigenvalue weighted by atomic mass is 28.3. The minimum Gasteiger partial charge on any atom is -0.0691 e. The van der Waals surface area contributed by atoms with E-state index in [0.717, 1.165) is 5.92 Å². The Morgan fingerprint density at radius 3 is 1.33 bits per heavy atom. The average molecular weight is 355 g/mol. The molecule has 0 aliphatic carbocycles. The van der Waals surface area contributed by atoms with Gasteiger partial charge in [0, 0.05) is 0 Å². The van der Waals surface area contributed by atoms with Gasteiger partial charge in [0.2, 0.25) is 0 Å². The van der Waals surface area contributed by atoms with Crippen LogP contribution in [0.1, 0.15) is 118 Å². The van der Waals surface area contributed by atoms with E-state index in [1.807, 2.05) is 0 Å². The maximum atomic E-state index is 2.74. The van der Waals surface area contributed by atoms with Crippen LogP contribution in [0, 0.1) is 5.92 Å². The van der Waals surface area contributed by atoms with E-state index in [4.69, 9.17) is 0 Å². The SMILES string of the molecule is CCCCCCCC[Si](C)(CCCCCCCC)CCCC(C)C. The van der Waals surface area contributed by atoms with Crippen LogP contribution in [0.25, 0.3) is 0 Å². The summed E-state index contributed by atoms with van der Waals surface area (Å²) >= 11 is 0. The molecule has 0 aromatic rings. The van der Waals surface area contributed by atoms with Crippen LogP contribution in [0.3, 0.4) is 0 Å². The van der Waals surface area contributed by atoms with E-state index in [9.17, 15) is 0 Å². The quantitative estimate of drug-likeness (QED) is 0.170. The third-order valence-corrected chi connectivity index (χ3v) is 10.5. The normalized spacial score (nSPS) is 12.2. The largest absolute Gasteiger partial charge is 0.0691 e. The number of unbranched alkanes of at least 4 members (excludes halogenated alkanes) is 10. The van der Waals surface area contributed by atoms with E-state index >= 15 is 0 Å². The summed E-state index contributed by atoms with van der Waals surface area (Å²) in [6.45, 7) is 12.2. The Bertz CT molecular complexity index is 230. The van der Waals surface area contributed by atoms with E-state index < -0.39 is 8.07 Å². The number of hydrogen-bond acceptors (Lipinski definition) is 0. The highest BCUT2D eigenvalue weighted by molar-refractivity contribution is 6.78. The molecule has 146 valence electrons. The third-order valence-electron chi connectivity index (χ3n) is 5.83. The van der Waals surface area contributed by atoms with Gasteiger partial charge in [0.1, 0.15) is 0 Å². The molecule has 0 N–H and O–H groups in total. The monoisotopic (exact) mass is 354 g/mol. The number of rotatable bonds is 18. The summed E-state index contributed by atoms with van der Waals surface area (Å²) < 4.78 is 0. The van der Waals surface area contributed by atoms with Crippen molar-refractivity contribution in [3.8, 4) is 0 Å². The van der Waals surface area contributed by atoms with Gasteiger partial charge in [-0.15, -0.1) is 0 Å². The molecule has 24 heavy (non-hydrogen) atoms. The van der Waals surface area contributed by atoms with Crippen LogP contribution in [0.15, 0.2) is 0 Å². The van der Waals surface area contributed by atoms with Gasteiger partial charge in [0.15, 0.2) is 0 Å². The maximum Gasteiger partial charge on any atom is 0.0504 e. The van der Waals surface area contributed by atoms with Gasteiger partial charge in [-0.25, -0.2) is 0 Å². The molecule has 0 radical (unpaired) electrons. The van der Waals surface area contributed by atoms with Crippen molar-refractivity contribution < 1.29 is 0 Å². The van der Waals surface area contributed by atoms with E-state index in [-0.39, 0.29) is 0 Å². The van der Waals surface area contributed by atoms with Crippen LogP contribution < -0.4 is 0 Å². The van der Waals surface area contributed by atoms with Gasteiger partial charge in [-0.05, 0) is 5.92 Å². The van der Waals surface area contributed by atoms with Crippen molar-refractivity contribution in [2.24, 2.45) is 5.92 Å². The van der Waals surface area contributed by atoms with E-state index in [2.05, 4.69) is 34.2 Å². The first-order valence-electron chi connectivity index (χ1n) is 11.5. The lowest BCUT2D eigenvalue weighted by Crippen LogP contribution is -2.29. The molecule has 0 rings (SSSR count). The van der Waals surface area contributed by atoms with Crippen molar-refractivity contribution in [1.29, 1.82) is 0 Å². The molecule has 0 nitrogen and oxygen atoms in total. The van der Waals surface area contributed by atoms with Crippen molar-refractivity contribution in [2.75, 3.05) is 0 Å². The summed E-state index contributed by atoms with van der Waals surface area (Å²) in [6, 6.07) is 4.84. The van der Waals surface area contributed by atoms with E-state index in [1.165, 1.54) is 89.9 Å². The highest BCUT2D eigenvalue weighted by Gasteiger charge is 2.25. The molecule has 0 fully saturated rings. The molecule has 0 aromatic heterocycles. The molecule has 1 heteroatoms. The second kappa shape index (κ2) is 16.7. The van der Waals surface area contributed by atoms with Crippen LogP contribution in [0.2, 0.25) is 24.7 Å². The molecule has 0 aromatic carbocycles. The molecule has 0 amide bonds. The van der Waals surface area contributed by atoms with Crippen LogP contribution in [0.5, 0.6) is 0 Å². The van der Waals surface area contributed by atoms with Gasteiger partial charge in [0.25, 0.3) is 0 Å². The van der Waals surface area contributed by atoms with E-state index in [0.29, 0.717) is 0 Å². The van der Waals surface area contributed by atoms with Gasteiger partial charge >= 0.3 is 0 Å². The van der Waals surface area contributed by atoms with Crippen molar-refractivity contribution in [3.63, 3.8) is 0 Å². The van der Waals surface area contributed by atoms with Crippen LogP contribution in [0.4, 0.5) is 0 Å². The molecule has 0 unspecified atom stereocenters. The standard InChI is InChI=1S/C23H50Si/c1-6-8-10-12-14-16-20-24(5,22-18-19-23(3)4)21-17-15-13-11-9-7-2/h23H,6-22H2,1-5H3. The second-order valence-corrected chi connectivity index (χ2v) is 14.3. The van der Waals surface area contributed by atoms with Crippen LogP contribution >= 0.6 is 0 Å². The lowest BCUT2D eigenvalue weighted by Gasteiger charge is -2.28. The Kier molecular flexibility index (Phi) is 16.8. The van der Waals surface area contributed by atoms with Crippen molar-refractivity contribution in [1.82, 2.24) is 0 Å². The Labute approximate surface area is 156 Å². The summed E-state index contributed by atoms with van der Waals surface area (Å²) in [7, 11) is -0.953. The highest BCUT2D eigenvalue weighted by Crippen LogP contribution is 2.30. The first-order valence-corrected chi connectivity index (χ1v) is 14.7. The zero-order chi connectivity index (χ0) is 18.1. The fourth-order valence-corrected chi connectivity index (χ4v) is 7.99. The second-order valence-electron chi connectivity index (χ2n) is 9.13. The molecule has 0 saturated carbocycles. The molecule has 0 aliphatic heterocycles. The molecular formula is C23H50Si. The fourth-order valence-electron chi connectivity index (χ4n) is 3.98. The van der Waals surface area contributed by atoms with Crippen LogP contribution in [-0.2, 0) is 0 Å². The Morgan fingerprint density at radius 2 is 0.917 bits per heavy atom. The molecule has 0 heterocycles. The van der Waals surface area contributed by atoms with Crippen molar-refractivity contribution >= 4 is 8.07 Å². The van der Waals surface area contributed by atoms with Crippen LogP contribution in [-0.4, -0.2) is 8.07 Å². The predicted molar refractivity (Wildman–Crippen MR) is 117 cm³/mol. The zero-order valence-corrected chi connectivity index (χ0v) is 19.1. The number of hydrogen-bond donors (Lipinski definition) is 0. The molecule has 0 atom stereocenters. The summed E-state index contributed by atoms with van der Waals surface area (Å²) in [6.07, 6.45) is 20.6. The fraction of sp³-hybridized carbons (Fsp3) is 1.00. The summed E-state index contributed by atoms with van der Waals surface area (Å²) in [5.74, 6) is 0.895. The Morgan fingerprint density at radius 1 is 0.542 bits per heavy atom. The van der Waals surface area contributed by atoms with Gasteiger partial charge in [-0.1, -0.05) is 142 Å². The zero-order valence-electron chi connectivity index (χ0n) is 18.1. The molecule has 0 spiro atoms. The summed E-state index contributed by atoms with van der Waals surface area (Å²) in [5, 5.41) is 0. The molecule has 0 bridgehead atoms. The molecular weight excluding hydrogens is 304 g/mol. The van der Waals surface area contributed by atoms with Gasteiger partial charge in [-0.2, -0.15) is 0 Å². The van der Waals surface area contributed by atoms with Crippen molar-refractivity contribution in [2.45, 2.75) is 142 Å². The predicted octanol–water partition coefficient (Wildman–Crippen LogP) is 9.22. The first kappa shape index (κ1) is 24.2. The average Bonchev–Trinajstić information content (AvgIpc) is 2.54.